The standard InChI is InChI=1S/C14H11FN4O/c1-17-13-4-2-3-12(19-13)14(20)18-10-5-6-11(15)9(7-10)8-16/h2-7H,1H3,(H,17,19)(H,18,20). The quantitative estimate of drug-likeness (QED) is 0.897. The lowest BCUT2D eigenvalue weighted by Crippen LogP contribution is -2.14. The third kappa shape index (κ3) is 2.90. The Morgan fingerprint density at radius 1 is 1.35 bits per heavy atom. The van der Waals surface area contributed by atoms with Gasteiger partial charge in [-0.1, -0.05) is 6.07 Å². The number of pyridine rings is 1. The highest BCUT2D eigenvalue weighted by Gasteiger charge is 2.10. The van der Waals surface area contributed by atoms with E-state index in [1.165, 1.54) is 12.1 Å². The summed E-state index contributed by atoms with van der Waals surface area (Å²) in [6.45, 7) is 0. The maximum atomic E-state index is 13.2. The number of nitrogens with zero attached hydrogens (tertiary/aromatic N) is 2. The van der Waals surface area contributed by atoms with E-state index in [9.17, 15) is 9.18 Å². The van der Waals surface area contributed by atoms with Gasteiger partial charge in [0.1, 0.15) is 23.4 Å². The normalized spacial score (nSPS) is 9.65. The summed E-state index contributed by atoms with van der Waals surface area (Å²) in [6, 6.07) is 10.5. The number of aromatic nitrogens is 1. The second-order valence-electron chi connectivity index (χ2n) is 3.92. The molecule has 1 aromatic carbocycles. The SMILES string of the molecule is CNc1cccc(C(=O)Nc2ccc(F)c(C#N)c2)n1. The van der Waals surface area contributed by atoms with E-state index in [0.717, 1.165) is 6.07 Å². The number of amides is 1. The van der Waals surface area contributed by atoms with Crippen molar-refractivity contribution in [2.24, 2.45) is 0 Å². The second-order valence-corrected chi connectivity index (χ2v) is 3.92. The summed E-state index contributed by atoms with van der Waals surface area (Å²) in [5, 5.41) is 14.1. The zero-order valence-corrected chi connectivity index (χ0v) is 10.6. The number of rotatable bonds is 3. The Morgan fingerprint density at radius 3 is 2.85 bits per heavy atom. The lowest BCUT2D eigenvalue weighted by molar-refractivity contribution is 0.102. The van der Waals surface area contributed by atoms with E-state index in [1.54, 1.807) is 31.3 Å². The molecule has 0 bridgehead atoms. The number of carbonyl (C=O) groups is 1. The fraction of sp³-hybridized carbons (Fsp3) is 0.0714. The molecule has 0 aliphatic carbocycles. The Labute approximate surface area is 115 Å². The first-order chi connectivity index (χ1) is 9.63. The Hall–Kier alpha value is -2.94. The molecule has 20 heavy (non-hydrogen) atoms. The summed E-state index contributed by atoms with van der Waals surface area (Å²) in [4.78, 5) is 16.1. The highest BCUT2D eigenvalue weighted by molar-refractivity contribution is 6.03. The molecule has 0 saturated carbocycles. The van der Waals surface area contributed by atoms with E-state index in [1.807, 2.05) is 0 Å². The van der Waals surface area contributed by atoms with Crippen molar-refractivity contribution in [1.29, 1.82) is 5.26 Å². The van der Waals surface area contributed by atoms with Crippen LogP contribution in [-0.2, 0) is 0 Å². The van der Waals surface area contributed by atoms with Crippen LogP contribution >= 0.6 is 0 Å². The van der Waals surface area contributed by atoms with Crippen LogP contribution in [0.3, 0.4) is 0 Å². The number of carbonyl (C=O) groups excluding carboxylic acids is 1. The zero-order chi connectivity index (χ0) is 14.5. The van der Waals surface area contributed by atoms with Crippen molar-refractivity contribution in [2.45, 2.75) is 0 Å². The number of nitriles is 1. The van der Waals surface area contributed by atoms with Gasteiger partial charge in [0, 0.05) is 12.7 Å². The molecule has 1 amide bonds. The largest absolute Gasteiger partial charge is 0.373 e. The van der Waals surface area contributed by atoms with E-state index in [-0.39, 0.29) is 11.3 Å². The van der Waals surface area contributed by atoms with E-state index < -0.39 is 11.7 Å². The molecule has 0 radical (unpaired) electrons. The van der Waals surface area contributed by atoms with Gasteiger partial charge in [-0.25, -0.2) is 9.37 Å². The highest BCUT2D eigenvalue weighted by atomic mass is 19.1. The Balaban J connectivity index is 2.21. The van der Waals surface area contributed by atoms with Crippen LogP contribution in [0.5, 0.6) is 0 Å². The molecular formula is C14H11FN4O. The molecule has 0 aliphatic rings. The Bertz CT molecular complexity index is 694. The molecule has 0 saturated heterocycles. The maximum absolute atomic E-state index is 13.2. The van der Waals surface area contributed by atoms with Gasteiger partial charge in [-0.15, -0.1) is 0 Å². The van der Waals surface area contributed by atoms with Crippen LogP contribution in [0, 0.1) is 17.1 Å². The lowest BCUT2D eigenvalue weighted by Gasteiger charge is -2.06. The van der Waals surface area contributed by atoms with Gasteiger partial charge in [-0.05, 0) is 30.3 Å². The number of halogens is 1. The molecule has 100 valence electrons. The van der Waals surface area contributed by atoms with Crippen molar-refractivity contribution in [3.05, 3.63) is 53.5 Å². The van der Waals surface area contributed by atoms with Gasteiger partial charge in [0.15, 0.2) is 0 Å². The number of anilines is 2. The minimum absolute atomic E-state index is 0.125. The average molecular weight is 270 g/mol. The van der Waals surface area contributed by atoms with Gasteiger partial charge in [0.25, 0.3) is 5.91 Å². The number of benzene rings is 1. The molecule has 0 spiro atoms. The fourth-order valence-electron chi connectivity index (χ4n) is 1.58. The third-order valence-corrected chi connectivity index (χ3v) is 2.58. The van der Waals surface area contributed by atoms with E-state index in [2.05, 4.69) is 15.6 Å². The fourth-order valence-corrected chi connectivity index (χ4v) is 1.58. The van der Waals surface area contributed by atoms with Gasteiger partial charge in [-0.3, -0.25) is 4.79 Å². The minimum atomic E-state index is -0.624. The summed E-state index contributed by atoms with van der Waals surface area (Å²) < 4.78 is 13.2. The van der Waals surface area contributed by atoms with Crippen molar-refractivity contribution in [1.82, 2.24) is 4.98 Å². The van der Waals surface area contributed by atoms with Crippen LogP contribution in [0.4, 0.5) is 15.9 Å². The third-order valence-electron chi connectivity index (χ3n) is 2.58. The number of hydrogen-bond acceptors (Lipinski definition) is 4. The van der Waals surface area contributed by atoms with Crippen LogP contribution in [0.15, 0.2) is 36.4 Å². The predicted molar refractivity (Wildman–Crippen MR) is 72.9 cm³/mol. The molecule has 0 fully saturated rings. The minimum Gasteiger partial charge on any atom is -0.373 e. The summed E-state index contributed by atoms with van der Waals surface area (Å²) in [7, 11) is 1.70. The molecule has 5 nitrogen and oxygen atoms in total. The molecule has 1 heterocycles. The van der Waals surface area contributed by atoms with E-state index >= 15 is 0 Å². The lowest BCUT2D eigenvalue weighted by atomic mass is 10.2. The van der Waals surface area contributed by atoms with Crippen LogP contribution in [0.2, 0.25) is 0 Å². The Morgan fingerprint density at radius 2 is 2.15 bits per heavy atom. The molecule has 0 aliphatic heterocycles. The van der Waals surface area contributed by atoms with Crippen LogP contribution in [0.25, 0.3) is 0 Å². The summed E-state index contributed by atoms with van der Waals surface area (Å²) in [5.74, 6) is -0.493. The van der Waals surface area contributed by atoms with E-state index in [4.69, 9.17) is 5.26 Å². The topological polar surface area (TPSA) is 77.8 Å². The molecule has 0 unspecified atom stereocenters. The first-order valence-corrected chi connectivity index (χ1v) is 5.80. The molecule has 2 N–H and O–H groups in total. The smallest absolute Gasteiger partial charge is 0.274 e. The van der Waals surface area contributed by atoms with E-state index in [0.29, 0.717) is 11.5 Å². The van der Waals surface area contributed by atoms with Crippen LogP contribution < -0.4 is 10.6 Å². The summed E-state index contributed by atoms with van der Waals surface area (Å²) in [6.07, 6.45) is 0. The molecular weight excluding hydrogens is 259 g/mol. The first-order valence-electron chi connectivity index (χ1n) is 5.80. The number of nitrogens with one attached hydrogen (secondary N) is 2. The average Bonchev–Trinajstić information content (AvgIpc) is 2.49. The predicted octanol–water partition coefficient (Wildman–Crippen LogP) is 2.39. The van der Waals surface area contributed by atoms with Crippen LogP contribution in [-0.4, -0.2) is 17.9 Å². The summed E-state index contributed by atoms with van der Waals surface area (Å²) >= 11 is 0. The van der Waals surface area contributed by atoms with Crippen molar-refractivity contribution < 1.29 is 9.18 Å². The second kappa shape index (κ2) is 5.80. The molecule has 2 rings (SSSR count). The molecule has 6 heteroatoms. The van der Waals surface area contributed by atoms with Gasteiger partial charge in [-0.2, -0.15) is 5.26 Å². The van der Waals surface area contributed by atoms with Crippen molar-refractivity contribution in [3.63, 3.8) is 0 Å². The van der Waals surface area contributed by atoms with Gasteiger partial charge in [0.2, 0.25) is 0 Å². The molecule has 2 aromatic rings. The first kappa shape index (κ1) is 13.5. The highest BCUT2D eigenvalue weighted by Crippen LogP contribution is 2.15. The monoisotopic (exact) mass is 270 g/mol. The Kier molecular flexibility index (Phi) is 3.91. The van der Waals surface area contributed by atoms with Gasteiger partial charge in [0.05, 0.1) is 5.56 Å². The maximum Gasteiger partial charge on any atom is 0.274 e. The van der Waals surface area contributed by atoms with Crippen molar-refractivity contribution >= 4 is 17.4 Å². The number of hydrogen-bond donors (Lipinski definition) is 2. The van der Waals surface area contributed by atoms with Gasteiger partial charge >= 0.3 is 0 Å². The summed E-state index contributed by atoms with van der Waals surface area (Å²) in [5.41, 5.74) is 0.434. The molecule has 1 aromatic heterocycles. The van der Waals surface area contributed by atoms with Gasteiger partial charge < -0.3 is 10.6 Å². The zero-order valence-electron chi connectivity index (χ0n) is 10.6. The van der Waals surface area contributed by atoms with Crippen molar-refractivity contribution in [2.75, 3.05) is 17.7 Å². The van der Waals surface area contributed by atoms with Crippen LogP contribution in [0.1, 0.15) is 16.1 Å². The van der Waals surface area contributed by atoms with Crippen molar-refractivity contribution in [3.8, 4) is 6.07 Å². The molecule has 0 atom stereocenters.